The topological polar surface area (TPSA) is 146 Å². The molecule has 0 radical (unpaired) electrons. The van der Waals surface area contributed by atoms with Crippen LogP contribution >= 0.6 is 0 Å². The van der Waals surface area contributed by atoms with Crippen LogP contribution in [0.25, 0.3) is 0 Å². The van der Waals surface area contributed by atoms with E-state index in [9.17, 15) is 27.4 Å². The van der Waals surface area contributed by atoms with Crippen molar-refractivity contribution in [1.29, 1.82) is 0 Å². The van der Waals surface area contributed by atoms with Gasteiger partial charge in [-0.1, -0.05) is 38.5 Å². The van der Waals surface area contributed by atoms with E-state index in [2.05, 4.69) is 9.78 Å². The van der Waals surface area contributed by atoms with Crippen molar-refractivity contribution in [1.82, 2.24) is 0 Å². The highest BCUT2D eigenvalue weighted by atomic mass is 32.2. The Morgan fingerprint density at radius 1 is 0.643 bits per heavy atom. The van der Waals surface area contributed by atoms with Gasteiger partial charge in [-0.05, 0) is 25.7 Å². The molecule has 0 aliphatic heterocycles. The lowest BCUT2D eigenvalue weighted by Crippen LogP contribution is -2.52. The van der Waals surface area contributed by atoms with Gasteiger partial charge in [0.2, 0.25) is 19.7 Å². The van der Waals surface area contributed by atoms with Gasteiger partial charge in [0.05, 0.1) is 10.5 Å². The monoisotopic (exact) mass is 446 g/mol. The number of hydrogen-bond donors (Lipinski definition) is 2. The van der Waals surface area contributed by atoms with Crippen LogP contribution in [0.5, 0.6) is 0 Å². The minimum Gasteiger partial charge on any atom is -0.248 e. The highest BCUT2D eigenvalue weighted by molar-refractivity contribution is 7.93. The molecule has 2 atom stereocenters. The van der Waals surface area contributed by atoms with Crippen molar-refractivity contribution in [2.24, 2.45) is 0 Å². The van der Waals surface area contributed by atoms with Crippen molar-refractivity contribution in [2.75, 3.05) is 0 Å². The summed E-state index contributed by atoms with van der Waals surface area (Å²) in [5, 5.41) is 11.4. The number of rotatable bonds is 9. The fourth-order valence-corrected chi connectivity index (χ4v) is 7.32. The molecule has 2 N–H and O–H groups in total. The standard InChI is InChI=1S/C16H30O10S2/c1-15(23-17,27(19,20)13-9-5-3-6-10-13)25-26-16(2,24-18)28(21,22)14-11-7-4-8-12-14/h13-14,17-18H,3-12H2,1-2H3. The van der Waals surface area contributed by atoms with E-state index in [1.54, 1.807) is 0 Å². The molecule has 28 heavy (non-hydrogen) atoms. The Balaban J connectivity index is 2.20. The molecular formula is C16H30O10S2. The van der Waals surface area contributed by atoms with E-state index >= 15 is 0 Å². The van der Waals surface area contributed by atoms with E-state index in [4.69, 9.17) is 9.78 Å². The van der Waals surface area contributed by atoms with Gasteiger partial charge in [0, 0.05) is 13.8 Å². The van der Waals surface area contributed by atoms with Crippen molar-refractivity contribution < 1.29 is 46.9 Å². The van der Waals surface area contributed by atoms with E-state index in [0.717, 1.165) is 26.7 Å². The summed E-state index contributed by atoms with van der Waals surface area (Å²) in [5.41, 5.74) is 0. The molecule has 0 aromatic rings. The molecule has 0 saturated heterocycles. The minimum absolute atomic E-state index is 0.360. The molecule has 0 heterocycles. The van der Waals surface area contributed by atoms with Crippen LogP contribution in [0.15, 0.2) is 0 Å². The molecule has 10 nitrogen and oxygen atoms in total. The lowest BCUT2D eigenvalue weighted by atomic mass is 10.0. The summed E-state index contributed by atoms with van der Waals surface area (Å²) >= 11 is 0. The smallest absolute Gasteiger partial charge is 0.248 e. The molecule has 0 amide bonds. The van der Waals surface area contributed by atoms with Crippen molar-refractivity contribution in [3.05, 3.63) is 0 Å². The Labute approximate surface area is 165 Å². The van der Waals surface area contributed by atoms with E-state index in [0.29, 0.717) is 51.4 Å². The largest absolute Gasteiger partial charge is 0.329 e. The molecule has 2 aliphatic rings. The molecule has 2 aliphatic carbocycles. The van der Waals surface area contributed by atoms with Crippen LogP contribution in [-0.2, 0) is 39.2 Å². The molecule has 2 fully saturated rings. The average Bonchev–Trinajstić information content (AvgIpc) is 2.72. The summed E-state index contributed by atoms with van der Waals surface area (Å²) in [4.78, 5) is 17.8. The second-order valence-electron chi connectivity index (χ2n) is 7.68. The molecule has 2 unspecified atom stereocenters. The van der Waals surface area contributed by atoms with Gasteiger partial charge in [-0.15, -0.1) is 0 Å². The third-order valence-corrected chi connectivity index (χ3v) is 10.7. The molecule has 0 aromatic carbocycles. The number of sulfone groups is 2. The Morgan fingerprint density at radius 3 is 1.18 bits per heavy atom. The van der Waals surface area contributed by atoms with Crippen LogP contribution in [0, 0.1) is 0 Å². The predicted molar refractivity (Wildman–Crippen MR) is 98.0 cm³/mol. The van der Waals surface area contributed by atoms with Gasteiger partial charge in [-0.25, -0.2) is 27.4 Å². The summed E-state index contributed by atoms with van der Waals surface area (Å²) in [6.45, 7) is 1.81. The zero-order chi connectivity index (χ0) is 21.1. The van der Waals surface area contributed by atoms with Gasteiger partial charge in [0.15, 0.2) is 0 Å². The Morgan fingerprint density at radius 2 is 0.929 bits per heavy atom. The Hall–Kier alpha value is -0.340. The van der Waals surface area contributed by atoms with Gasteiger partial charge >= 0.3 is 10.2 Å². The van der Waals surface area contributed by atoms with Crippen molar-refractivity contribution >= 4 is 19.7 Å². The maximum Gasteiger partial charge on any atom is 0.329 e. The van der Waals surface area contributed by atoms with Gasteiger partial charge in [-0.2, -0.15) is 19.6 Å². The Bertz CT molecular complexity index is 648. The second-order valence-corrected chi connectivity index (χ2v) is 12.7. The second kappa shape index (κ2) is 9.21. The van der Waals surface area contributed by atoms with Gasteiger partial charge < -0.3 is 0 Å². The first-order valence-electron chi connectivity index (χ1n) is 9.53. The van der Waals surface area contributed by atoms with Crippen LogP contribution in [-0.4, -0.2) is 48.1 Å². The van der Waals surface area contributed by atoms with Crippen molar-refractivity contribution in [3.63, 3.8) is 0 Å². The van der Waals surface area contributed by atoms with Crippen molar-refractivity contribution in [3.8, 4) is 0 Å². The lowest BCUT2D eigenvalue weighted by molar-refractivity contribution is -0.526. The fourth-order valence-electron chi connectivity index (χ4n) is 3.74. The SMILES string of the molecule is CC(OO)(OOC(C)(OO)S(=O)(=O)C1CCCCC1)S(=O)(=O)C1CCCCC1. The van der Waals surface area contributed by atoms with Crippen LogP contribution in [0.4, 0.5) is 0 Å². The molecule has 12 heteroatoms. The van der Waals surface area contributed by atoms with Crippen molar-refractivity contribution in [2.45, 2.75) is 98.8 Å². The first kappa shape index (κ1) is 23.9. The first-order chi connectivity index (χ1) is 13.0. The number of hydrogen-bond acceptors (Lipinski definition) is 10. The third kappa shape index (κ3) is 4.53. The van der Waals surface area contributed by atoms with Gasteiger partial charge in [0.1, 0.15) is 0 Å². The summed E-state index contributed by atoms with van der Waals surface area (Å²) in [7, 11) is -8.45. The molecule has 0 spiro atoms. The minimum atomic E-state index is -4.23. The molecule has 166 valence electrons. The summed E-state index contributed by atoms with van der Waals surface area (Å²) in [5.74, 6) is 0. The molecule has 2 saturated carbocycles. The zero-order valence-corrected chi connectivity index (χ0v) is 17.8. The highest BCUT2D eigenvalue weighted by Gasteiger charge is 2.54. The molecule has 0 aromatic heterocycles. The van der Waals surface area contributed by atoms with Crippen LogP contribution in [0.3, 0.4) is 0 Å². The zero-order valence-electron chi connectivity index (χ0n) is 16.2. The third-order valence-electron chi connectivity index (χ3n) is 5.69. The highest BCUT2D eigenvalue weighted by Crippen LogP contribution is 2.37. The van der Waals surface area contributed by atoms with E-state index in [1.165, 1.54) is 0 Å². The lowest BCUT2D eigenvalue weighted by Gasteiger charge is -2.35. The van der Waals surface area contributed by atoms with Crippen LogP contribution < -0.4 is 0 Å². The summed E-state index contributed by atoms with van der Waals surface area (Å²) in [6.07, 6.45) is 6.01. The molecular weight excluding hydrogens is 416 g/mol. The fraction of sp³-hybridized carbons (Fsp3) is 1.00. The van der Waals surface area contributed by atoms with E-state index in [1.807, 2.05) is 0 Å². The van der Waals surface area contributed by atoms with Crippen LogP contribution in [0.1, 0.15) is 78.1 Å². The summed E-state index contributed by atoms with van der Waals surface area (Å²) < 4.78 is 51.4. The normalized spacial score (nSPS) is 25.1. The maximum atomic E-state index is 12.9. The average molecular weight is 447 g/mol. The van der Waals surface area contributed by atoms with Gasteiger partial charge in [-0.3, -0.25) is 0 Å². The predicted octanol–water partition coefficient (Wildman–Crippen LogP) is 2.76. The van der Waals surface area contributed by atoms with Gasteiger partial charge in [0.25, 0.3) is 0 Å². The molecule has 2 rings (SSSR count). The Kier molecular flexibility index (Phi) is 7.87. The van der Waals surface area contributed by atoms with E-state index in [-0.39, 0.29) is 0 Å². The quantitative estimate of drug-likeness (QED) is 0.308. The molecule has 0 bridgehead atoms. The van der Waals surface area contributed by atoms with E-state index < -0.39 is 40.4 Å². The van der Waals surface area contributed by atoms with Crippen LogP contribution in [0.2, 0.25) is 0 Å². The summed E-state index contributed by atoms with van der Waals surface area (Å²) in [6, 6.07) is 0. The maximum absolute atomic E-state index is 12.9. The first-order valence-corrected chi connectivity index (χ1v) is 12.6.